The van der Waals surface area contributed by atoms with E-state index in [0.29, 0.717) is 17.2 Å². The van der Waals surface area contributed by atoms with Crippen LogP contribution in [0.4, 0.5) is 0 Å². The van der Waals surface area contributed by atoms with E-state index in [-0.39, 0.29) is 11.3 Å². The van der Waals surface area contributed by atoms with Crippen LogP contribution in [0, 0.1) is 17.8 Å². The minimum atomic E-state index is 0.0897. The van der Waals surface area contributed by atoms with Crippen molar-refractivity contribution in [2.75, 3.05) is 6.54 Å². The molecule has 4 rings (SSSR count). The third-order valence-corrected chi connectivity index (χ3v) is 6.06. The standard InChI is InChI=1S/C23H28N2O/c1-16-8-5-6-9-18(16)19-10-7-11-20(24-19)21(26)25-15-23(4)13-17(25)12-22(2,3)14-23/h5-11,17H,12-15H2,1-4H3/t17-,23-/m1/s1. The molecule has 1 aromatic carbocycles. The minimum absolute atomic E-state index is 0.0897. The zero-order valence-corrected chi connectivity index (χ0v) is 16.2. The van der Waals surface area contributed by atoms with Gasteiger partial charge in [-0.05, 0) is 54.7 Å². The lowest BCUT2D eigenvalue weighted by Gasteiger charge is -2.39. The van der Waals surface area contributed by atoms with Gasteiger partial charge >= 0.3 is 0 Å². The zero-order chi connectivity index (χ0) is 18.5. The van der Waals surface area contributed by atoms with Gasteiger partial charge in [0.25, 0.3) is 5.91 Å². The number of aromatic nitrogens is 1. The van der Waals surface area contributed by atoms with Gasteiger partial charge in [-0.25, -0.2) is 4.98 Å². The molecule has 1 aliphatic heterocycles. The monoisotopic (exact) mass is 348 g/mol. The molecule has 1 amide bonds. The van der Waals surface area contributed by atoms with Gasteiger partial charge in [0, 0.05) is 18.2 Å². The first kappa shape index (κ1) is 17.3. The van der Waals surface area contributed by atoms with E-state index >= 15 is 0 Å². The fraction of sp³-hybridized carbons (Fsp3) is 0.478. The van der Waals surface area contributed by atoms with Crippen LogP contribution in [0.3, 0.4) is 0 Å². The summed E-state index contributed by atoms with van der Waals surface area (Å²) in [5.74, 6) is 0.0897. The number of hydrogen-bond donors (Lipinski definition) is 0. The van der Waals surface area contributed by atoms with Gasteiger partial charge in [0.1, 0.15) is 5.69 Å². The summed E-state index contributed by atoms with van der Waals surface area (Å²) in [7, 11) is 0. The number of amides is 1. The first-order chi connectivity index (χ1) is 12.3. The van der Waals surface area contributed by atoms with Crippen molar-refractivity contribution >= 4 is 5.91 Å². The molecule has 3 nitrogen and oxygen atoms in total. The molecule has 0 spiro atoms. The molecular weight excluding hydrogens is 320 g/mol. The average Bonchev–Trinajstić information content (AvgIpc) is 2.83. The van der Waals surface area contributed by atoms with Gasteiger partial charge in [0.15, 0.2) is 0 Å². The molecule has 2 aromatic rings. The Labute approximate surface area is 156 Å². The number of rotatable bonds is 2. The second kappa shape index (κ2) is 5.94. The minimum Gasteiger partial charge on any atom is -0.334 e. The van der Waals surface area contributed by atoms with Crippen LogP contribution in [-0.2, 0) is 0 Å². The molecule has 2 aliphatic rings. The highest BCUT2D eigenvalue weighted by Gasteiger charge is 2.51. The van der Waals surface area contributed by atoms with E-state index in [2.05, 4.69) is 44.7 Å². The van der Waals surface area contributed by atoms with Crippen molar-refractivity contribution in [1.82, 2.24) is 9.88 Å². The van der Waals surface area contributed by atoms with Gasteiger partial charge in [0.2, 0.25) is 0 Å². The fourth-order valence-electron chi connectivity index (χ4n) is 5.41. The molecule has 2 fully saturated rings. The van der Waals surface area contributed by atoms with Crippen molar-refractivity contribution in [2.45, 2.75) is 53.0 Å². The fourth-order valence-corrected chi connectivity index (χ4v) is 5.41. The van der Waals surface area contributed by atoms with E-state index in [1.807, 2.05) is 30.3 Å². The summed E-state index contributed by atoms with van der Waals surface area (Å²) in [4.78, 5) is 20.1. The van der Waals surface area contributed by atoms with Crippen LogP contribution in [0.5, 0.6) is 0 Å². The van der Waals surface area contributed by atoms with Gasteiger partial charge in [-0.2, -0.15) is 0 Å². The zero-order valence-electron chi connectivity index (χ0n) is 16.2. The predicted octanol–water partition coefficient (Wildman–Crippen LogP) is 5.10. The maximum Gasteiger partial charge on any atom is 0.272 e. The first-order valence-electron chi connectivity index (χ1n) is 9.61. The SMILES string of the molecule is Cc1ccccc1-c1cccc(C(=O)N2C[C@]3(C)C[C@H]2CC(C)(C)C3)n1. The average molecular weight is 348 g/mol. The normalized spacial score (nSPS) is 26.8. The van der Waals surface area contributed by atoms with E-state index in [1.54, 1.807) is 0 Å². The van der Waals surface area contributed by atoms with E-state index in [0.717, 1.165) is 30.6 Å². The van der Waals surface area contributed by atoms with Crippen LogP contribution in [0.25, 0.3) is 11.3 Å². The van der Waals surface area contributed by atoms with Crippen LogP contribution in [0.2, 0.25) is 0 Å². The Kier molecular flexibility index (Phi) is 3.94. The lowest BCUT2D eigenvalue weighted by molar-refractivity contribution is 0.0702. The van der Waals surface area contributed by atoms with Crippen LogP contribution < -0.4 is 0 Å². The Morgan fingerprint density at radius 3 is 2.62 bits per heavy atom. The van der Waals surface area contributed by atoms with Crippen molar-refractivity contribution in [3.63, 3.8) is 0 Å². The third kappa shape index (κ3) is 3.04. The molecule has 1 saturated heterocycles. The highest BCUT2D eigenvalue weighted by molar-refractivity contribution is 5.93. The number of likely N-dealkylation sites (tertiary alicyclic amines) is 1. The molecule has 1 saturated carbocycles. The Bertz CT molecular complexity index is 857. The molecule has 2 heterocycles. The summed E-state index contributed by atoms with van der Waals surface area (Å²) in [6.45, 7) is 9.95. The Morgan fingerprint density at radius 2 is 1.85 bits per heavy atom. The van der Waals surface area contributed by atoms with Gasteiger partial charge < -0.3 is 4.90 Å². The van der Waals surface area contributed by atoms with Gasteiger partial charge in [0.05, 0.1) is 5.69 Å². The number of pyridine rings is 1. The quantitative estimate of drug-likeness (QED) is 0.756. The summed E-state index contributed by atoms with van der Waals surface area (Å²) in [5, 5.41) is 0. The van der Waals surface area contributed by atoms with Crippen LogP contribution in [0.15, 0.2) is 42.5 Å². The number of benzene rings is 1. The van der Waals surface area contributed by atoms with Crippen LogP contribution in [-0.4, -0.2) is 28.4 Å². The smallest absolute Gasteiger partial charge is 0.272 e. The second-order valence-electron chi connectivity index (χ2n) is 9.37. The molecule has 26 heavy (non-hydrogen) atoms. The molecule has 0 N–H and O–H groups in total. The van der Waals surface area contributed by atoms with E-state index in [1.165, 1.54) is 12.0 Å². The molecule has 2 atom stereocenters. The van der Waals surface area contributed by atoms with Crippen molar-refractivity contribution < 1.29 is 4.79 Å². The van der Waals surface area contributed by atoms with Crippen molar-refractivity contribution in [3.8, 4) is 11.3 Å². The first-order valence-corrected chi connectivity index (χ1v) is 9.61. The summed E-state index contributed by atoms with van der Waals surface area (Å²) in [6, 6.07) is 14.4. The van der Waals surface area contributed by atoms with Crippen molar-refractivity contribution in [3.05, 3.63) is 53.7 Å². The molecule has 1 aromatic heterocycles. The number of hydrogen-bond acceptors (Lipinski definition) is 2. The largest absolute Gasteiger partial charge is 0.334 e. The molecular formula is C23H28N2O. The maximum absolute atomic E-state index is 13.3. The Balaban J connectivity index is 1.64. The Morgan fingerprint density at radius 1 is 1.08 bits per heavy atom. The van der Waals surface area contributed by atoms with E-state index in [4.69, 9.17) is 4.98 Å². The molecule has 0 unspecified atom stereocenters. The highest BCUT2D eigenvalue weighted by atomic mass is 16.2. The lowest BCUT2D eigenvalue weighted by Crippen LogP contribution is -2.38. The van der Waals surface area contributed by atoms with Crippen molar-refractivity contribution in [2.24, 2.45) is 10.8 Å². The van der Waals surface area contributed by atoms with Crippen LogP contribution >= 0.6 is 0 Å². The second-order valence-corrected chi connectivity index (χ2v) is 9.37. The topological polar surface area (TPSA) is 33.2 Å². The number of carbonyl (C=O) groups excluding carboxylic acids is 1. The lowest BCUT2D eigenvalue weighted by atomic mass is 9.65. The molecule has 0 radical (unpaired) electrons. The Hall–Kier alpha value is -2.16. The summed E-state index contributed by atoms with van der Waals surface area (Å²) in [6.07, 6.45) is 3.41. The number of aryl methyl sites for hydroxylation is 1. The molecule has 136 valence electrons. The number of fused-ring (bicyclic) bond motifs is 2. The predicted molar refractivity (Wildman–Crippen MR) is 105 cm³/mol. The molecule has 3 heteroatoms. The van der Waals surface area contributed by atoms with Gasteiger partial charge in [-0.15, -0.1) is 0 Å². The summed E-state index contributed by atoms with van der Waals surface area (Å²) < 4.78 is 0. The van der Waals surface area contributed by atoms with Gasteiger partial charge in [-0.3, -0.25) is 4.79 Å². The molecule has 1 aliphatic carbocycles. The van der Waals surface area contributed by atoms with E-state index in [9.17, 15) is 4.79 Å². The highest BCUT2D eigenvalue weighted by Crippen LogP contribution is 2.52. The third-order valence-electron chi connectivity index (χ3n) is 6.06. The summed E-state index contributed by atoms with van der Waals surface area (Å²) in [5.41, 5.74) is 4.27. The number of nitrogens with zero attached hydrogens (tertiary/aromatic N) is 2. The van der Waals surface area contributed by atoms with Gasteiger partial charge in [-0.1, -0.05) is 51.1 Å². The van der Waals surface area contributed by atoms with E-state index < -0.39 is 0 Å². The maximum atomic E-state index is 13.3. The van der Waals surface area contributed by atoms with Crippen LogP contribution in [0.1, 0.15) is 56.1 Å². The summed E-state index contributed by atoms with van der Waals surface area (Å²) >= 11 is 0. The molecule has 2 bridgehead atoms. The number of carbonyl (C=O) groups is 1. The van der Waals surface area contributed by atoms with Crippen molar-refractivity contribution in [1.29, 1.82) is 0 Å².